The van der Waals surface area contributed by atoms with Crippen LogP contribution in [0.2, 0.25) is 5.15 Å². The second kappa shape index (κ2) is 6.30. The third-order valence-electron chi connectivity index (χ3n) is 4.98. The van der Waals surface area contributed by atoms with Crippen molar-refractivity contribution in [3.8, 4) is 5.88 Å². The SMILES string of the molecule is Cc1cc(C(C)N2Cc3c(ccnc3Cl)C2=O)cnc1OCC1CC1. The molecule has 2 aliphatic rings. The number of amides is 1. The van der Waals surface area contributed by atoms with Crippen LogP contribution in [-0.4, -0.2) is 27.4 Å². The maximum absolute atomic E-state index is 12.7. The van der Waals surface area contributed by atoms with Gasteiger partial charge in [-0.2, -0.15) is 0 Å². The molecule has 1 atom stereocenters. The molecular formula is C19H20ClN3O2. The highest BCUT2D eigenvalue weighted by Gasteiger charge is 2.33. The molecule has 1 aliphatic carbocycles. The second-order valence-corrected chi connectivity index (χ2v) is 7.24. The van der Waals surface area contributed by atoms with E-state index in [1.165, 1.54) is 12.8 Å². The maximum atomic E-state index is 12.7. The molecule has 0 N–H and O–H groups in total. The van der Waals surface area contributed by atoms with Gasteiger partial charge in [-0.3, -0.25) is 4.79 Å². The number of aromatic nitrogens is 2. The minimum absolute atomic E-state index is 0.0153. The predicted molar refractivity (Wildman–Crippen MR) is 94.7 cm³/mol. The Morgan fingerprint density at radius 2 is 2.20 bits per heavy atom. The zero-order valence-corrected chi connectivity index (χ0v) is 15.1. The van der Waals surface area contributed by atoms with Gasteiger partial charge in [-0.05, 0) is 50.3 Å². The van der Waals surface area contributed by atoms with E-state index in [0.717, 1.165) is 23.3 Å². The van der Waals surface area contributed by atoms with Gasteiger partial charge in [-0.25, -0.2) is 9.97 Å². The summed E-state index contributed by atoms with van der Waals surface area (Å²) in [5.41, 5.74) is 3.42. The van der Waals surface area contributed by atoms with Gasteiger partial charge in [0.05, 0.1) is 19.2 Å². The van der Waals surface area contributed by atoms with Crippen LogP contribution in [0.4, 0.5) is 0 Å². The Morgan fingerprint density at radius 3 is 2.88 bits per heavy atom. The number of carbonyl (C=O) groups excluding carboxylic acids is 1. The average Bonchev–Trinajstić information content (AvgIpc) is 3.37. The van der Waals surface area contributed by atoms with Gasteiger partial charge in [0, 0.05) is 29.1 Å². The Hall–Kier alpha value is -2.14. The zero-order valence-electron chi connectivity index (χ0n) is 14.3. The van der Waals surface area contributed by atoms with E-state index in [4.69, 9.17) is 16.3 Å². The molecule has 0 aromatic carbocycles. The normalized spacial score (nSPS) is 17.6. The molecule has 0 saturated heterocycles. The fourth-order valence-corrected chi connectivity index (χ4v) is 3.37. The van der Waals surface area contributed by atoms with Crippen LogP contribution in [0.5, 0.6) is 5.88 Å². The third-order valence-corrected chi connectivity index (χ3v) is 5.30. The number of ether oxygens (including phenoxy) is 1. The summed E-state index contributed by atoms with van der Waals surface area (Å²) in [4.78, 5) is 23.0. The molecule has 2 aromatic rings. The molecule has 6 heteroatoms. The van der Waals surface area contributed by atoms with Crippen molar-refractivity contribution >= 4 is 17.5 Å². The number of fused-ring (bicyclic) bond motifs is 1. The van der Waals surface area contributed by atoms with E-state index in [-0.39, 0.29) is 11.9 Å². The van der Waals surface area contributed by atoms with E-state index < -0.39 is 0 Å². The van der Waals surface area contributed by atoms with Crippen molar-refractivity contribution in [3.05, 3.63) is 51.9 Å². The second-order valence-electron chi connectivity index (χ2n) is 6.88. The van der Waals surface area contributed by atoms with Gasteiger partial charge >= 0.3 is 0 Å². The lowest BCUT2D eigenvalue weighted by atomic mass is 10.1. The Labute approximate surface area is 152 Å². The highest BCUT2D eigenvalue weighted by atomic mass is 35.5. The van der Waals surface area contributed by atoms with Gasteiger partial charge in [0.25, 0.3) is 5.91 Å². The Balaban J connectivity index is 1.53. The molecule has 2 aromatic heterocycles. The number of rotatable bonds is 5. The van der Waals surface area contributed by atoms with Crippen molar-refractivity contribution in [2.24, 2.45) is 5.92 Å². The fourth-order valence-electron chi connectivity index (χ4n) is 3.15. The van der Waals surface area contributed by atoms with Crippen LogP contribution >= 0.6 is 11.6 Å². The number of aryl methyl sites for hydroxylation is 1. The van der Waals surface area contributed by atoms with E-state index >= 15 is 0 Å². The molecule has 0 radical (unpaired) electrons. The molecule has 1 amide bonds. The maximum Gasteiger partial charge on any atom is 0.255 e. The van der Waals surface area contributed by atoms with E-state index in [9.17, 15) is 4.79 Å². The molecule has 1 fully saturated rings. The van der Waals surface area contributed by atoms with Gasteiger partial charge in [0.1, 0.15) is 5.15 Å². The van der Waals surface area contributed by atoms with Crippen molar-refractivity contribution < 1.29 is 9.53 Å². The summed E-state index contributed by atoms with van der Waals surface area (Å²) in [6.45, 7) is 5.22. The number of carbonyl (C=O) groups is 1. The van der Waals surface area contributed by atoms with Crippen LogP contribution in [0.15, 0.2) is 24.5 Å². The molecule has 1 aliphatic heterocycles. The minimum atomic E-state index is -0.0975. The summed E-state index contributed by atoms with van der Waals surface area (Å²) >= 11 is 6.14. The van der Waals surface area contributed by atoms with E-state index in [2.05, 4.69) is 16.0 Å². The smallest absolute Gasteiger partial charge is 0.255 e. The number of halogens is 1. The van der Waals surface area contributed by atoms with Crippen LogP contribution in [-0.2, 0) is 6.54 Å². The molecule has 5 nitrogen and oxygen atoms in total. The first-order chi connectivity index (χ1) is 12.0. The van der Waals surface area contributed by atoms with Crippen LogP contribution in [0.25, 0.3) is 0 Å². The summed E-state index contributed by atoms with van der Waals surface area (Å²) in [6.07, 6.45) is 5.88. The predicted octanol–water partition coefficient (Wildman–Crippen LogP) is 3.94. The van der Waals surface area contributed by atoms with Crippen molar-refractivity contribution in [1.82, 2.24) is 14.9 Å². The fraction of sp³-hybridized carbons (Fsp3) is 0.421. The topological polar surface area (TPSA) is 55.3 Å². The average molecular weight is 358 g/mol. The molecule has 1 unspecified atom stereocenters. The van der Waals surface area contributed by atoms with Crippen LogP contribution < -0.4 is 4.74 Å². The van der Waals surface area contributed by atoms with Gasteiger partial charge < -0.3 is 9.64 Å². The summed E-state index contributed by atoms with van der Waals surface area (Å²) in [5.74, 6) is 1.36. The van der Waals surface area contributed by atoms with Gasteiger partial charge in [0.15, 0.2) is 0 Å². The summed E-state index contributed by atoms with van der Waals surface area (Å²) in [6, 6.07) is 3.68. The molecule has 0 spiro atoms. The van der Waals surface area contributed by atoms with Crippen LogP contribution in [0, 0.1) is 12.8 Å². The van der Waals surface area contributed by atoms with Crippen molar-refractivity contribution in [2.75, 3.05) is 6.61 Å². The summed E-state index contributed by atoms with van der Waals surface area (Å²) < 4.78 is 5.79. The molecule has 3 heterocycles. The van der Waals surface area contributed by atoms with Gasteiger partial charge in [0.2, 0.25) is 5.88 Å². The van der Waals surface area contributed by atoms with E-state index in [1.54, 1.807) is 23.4 Å². The zero-order chi connectivity index (χ0) is 17.6. The van der Waals surface area contributed by atoms with Crippen molar-refractivity contribution in [1.29, 1.82) is 0 Å². The standard InChI is InChI=1S/C19H20ClN3O2/c1-11-7-14(8-22-18(11)25-10-13-3-4-13)12(2)23-9-16-15(19(23)24)5-6-21-17(16)20/h5-8,12-13H,3-4,9-10H2,1-2H3. The molecule has 4 rings (SSSR count). The number of nitrogens with zero attached hydrogens (tertiary/aromatic N) is 3. The monoisotopic (exact) mass is 357 g/mol. The summed E-state index contributed by atoms with van der Waals surface area (Å²) in [7, 11) is 0. The highest BCUT2D eigenvalue weighted by molar-refractivity contribution is 6.30. The van der Waals surface area contributed by atoms with Crippen LogP contribution in [0.1, 0.15) is 52.9 Å². The Kier molecular flexibility index (Phi) is 4.12. The first-order valence-corrected chi connectivity index (χ1v) is 8.96. The van der Waals surface area contributed by atoms with Crippen LogP contribution in [0.3, 0.4) is 0 Å². The Morgan fingerprint density at radius 1 is 1.40 bits per heavy atom. The molecular weight excluding hydrogens is 338 g/mol. The first kappa shape index (κ1) is 16.3. The van der Waals surface area contributed by atoms with Gasteiger partial charge in [-0.1, -0.05) is 11.6 Å². The van der Waals surface area contributed by atoms with E-state index in [0.29, 0.717) is 29.1 Å². The van der Waals surface area contributed by atoms with E-state index in [1.807, 2.05) is 13.8 Å². The number of pyridine rings is 2. The largest absolute Gasteiger partial charge is 0.477 e. The highest BCUT2D eigenvalue weighted by Crippen LogP contribution is 2.34. The molecule has 25 heavy (non-hydrogen) atoms. The Bertz CT molecular complexity index is 835. The number of hydrogen-bond donors (Lipinski definition) is 0. The number of hydrogen-bond acceptors (Lipinski definition) is 4. The van der Waals surface area contributed by atoms with Gasteiger partial charge in [-0.15, -0.1) is 0 Å². The lowest BCUT2D eigenvalue weighted by molar-refractivity contribution is 0.0715. The molecule has 130 valence electrons. The summed E-state index contributed by atoms with van der Waals surface area (Å²) in [5, 5.41) is 0.402. The molecule has 0 bridgehead atoms. The third kappa shape index (κ3) is 3.09. The lowest BCUT2D eigenvalue weighted by Gasteiger charge is -2.25. The quantitative estimate of drug-likeness (QED) is 0.760. The van der Waals surface area contributed by atoms with Crippen molar-refractivity contribution in [2.45, 2.75) is 39.3 Å². The van der Waals surface area contributed by atoms with Crippen molar-refractivity contribution in [3.63, 3.8) is 0 Å². The first-order valence-electron chi connectivity index (χ1n) is 8.58. The minimum Gasteiger partial charge on any atom is -0.477 e. The lowest BCUT2D eigenvalue weighted by Crippen LogP contribution is -2.27. The molecule has 1 saturated carbocycles.